The van der Waals surface area contributed by atoms with Gasteiger partial charge in [0, 0.05) is 18.0 Å². The molecule has 160 valence electrons. The summed E-state index contributed by atoms with van der Waals surface area (Å²) in [5.74, 6) is 0.370. The van der Waals surface area contributed by atoms with E-state index >= 15 is 0 Å². The molecule has 0 saturated carbocycles. The van der Waals surface area contributed by atoms with Gasteiger partial charge in [0.25, 0.3) is 0 Å². The Morgan fingerprint density at radius 2 is 1.60 bits per heavy atom. The fourth-order valence-corrected chi connectivity index (χ4v) is 3.97. The van der Waals surface area contributed by atoms with E-state index in [1.54, 1.807) is 0 Å². The summed E-state index contributed by atoms with van der Waals surface area (Å²) in [6, 6.07) is 18.2. The summed E-state index contributed by atoms with van der Waals surface area (Å²) < 4.78 is 0. The topological polar surface area (TPSA) is 49.4 Å². The van der Waals surface area contributed by atoms with Gasteiger partial charge in [-0.15, -0.1) is 0 Å². The molecule has 0 aromatic heterocycles. The Morgan fingerprint density at radius 3 is 2.20 bits per heavy atom. The summed E-state index contributed by atoms with van der Waals surface area (Å²) in [5, 5.41) is 3.04. The smallest absolute Gasteiger partial charge is 0.234 e. The monoisotopic (exact) mass is 406 g/mol. The second-order valence-corrected chi connectivity index (χ2v) is 9.33. The van der Waals surface area contributed by atoms with E-state index in [0.29, 0.717) is 13.1 Å². The minimum Gasteiger partial charge on any atom is -0.355 e. The lowest BCUT2D eigenvalue weighted by Gasteiger charge is -2.30. The van der Waals surface area contributed by atoms with Gasteiger partial charge in [-0.25, -0.2) is 0 Å². The largest absolute Gasteiger partial charge is 0.355 e. The van der Waals surface area contributed by atoms with Crippen LogP contribution >= 0.6 is 0 Å². The fraction of sp³-hybridized carbons (Fsp3) is 0.462. The van der Waals surface area contributed by atoms with Gasteiger partial charge in [-0.2, -0.15) is 0 Å². The number of benzene rings is 2. The van der Waals surface area contributed by atoms with E-state index < -0.39 is 0 Å². The number of likely N-dealkylation sites (tertiary alicyclic amines) is 1. The second-order valence-electron chi connectivity index (χ2n) is 9.33. The number of nitrogens with zero attached hydrogens (tertiary/aromatic N) is 1. The maximum atomic E-state index is 12.6. The number of ketones is 1. The van der Waals surface area contributed by atoms with E-state index in [0.717, 1.165) is 37.9 Å². The van der Waals surface area contributed by atoms with Crippen molar-refractivity contribution in [2.45, 2.75) is 45.4 Å². The van der Waals surface area contributed by atoms with Crippen molar-refractivity contribution in [3.8, 4) is 0 Å². The molecule has 1 heterocycles. The van der Waals surface area contributed by atoms with Crippen LogP contribution in [0.3, 0.4) is 0 Å². The lowest BCUT2D eigenvalue weighted by molar-refractivity contribution is -0.122. The first-order valence-electron chi connectivity index (χ1n) is 11.0. The number of nitrogens with one attached hydrogen (secondary N) is 1. The Morgan fingerprint density at radius 1 is 0.967 bits per heavy atom. The molecule has 30 heavy (non-hydrogen) atoms. The Kier molecular flexibility index (Phi) is 7.43. The summed E-state index contributed by atoms with van der Waals surface area (Å²) in [5.41, 5.74) is 3.52. The minimum absolute atomic E-state index is 0.0640. The third-order valence-corrected chi connectivity index (χ3v) is 5.94. The number of carbonyl (C=O) groups is 2. The zero-order valence-corrected chi connectivity index (χ0v) is 18.5. The van der Waals surface area contributed by atoms with Gasteiger partial charge in [0.1, 0.15) is 0 Å². The van der Waals surface area contributed by atoms with Crippen molar-refractivity contribution in [3.05, 3.63) is 71.3 Å². The molecule has 0 atom stereocenters. The van der Waals surface area contributed by atoms with Crippen LogP contribution in [0.4, 0.5) is 0 Å². The number of Topliss-reactive ketones (excluding diaryl/α,β-unsaturated/α-hetero) is 1. The van der Waals surface area contributed by atoms with E-state index in [1.807, 2.05) is 30.3 Å². The fourth-order valence-electron chi connectivity index (χ4n) is 3.97. The van der Waals surface area contributed by atoms with Crippen LogP contribution < -0.4 is 5.32 Å². The van der Waals surface area contributed by atoms with Gasteiger partial charge >= 0.3 is 0 Å². The Balaban J connectivity index is 1.36. The SMILES string of the molecule is CC(C)(C)c1ccc(CCNC(=O)CN2CCC(C(=O)c3ccccc3)CC2)cc1. The van der Waals surface area contributed by atoms with E-state index in [1.165, 1.54) is 11.1 Å². The zero-order chi connectivity index (χ0) is 21.6. The molecular formula is C26H34N2O2. The van der Waals surface area contributed by atoms with Crippen LogP contribution in [0.15, 0.2) is 54.6 Å². The molecule has 0 radical (unpaired) electrons. The Hall–Kier alpha value is -2.46. The molecule has 1 fully saturated rings. The van der Waals surface area contributed by atoms with Gasteiger partial charge in [-0.3, -0.25) is 14.5 Å². The molecular weight excluding hydrogens is 372 g/mol. The van der Waals surface area contributed by atoms with E-state index in [9.17, 15) is 9.59 Å². The molecule has 1 aliphatic heterocycles. The van der Waals surface area contributed by atoms with Crippen LogP contribution in [0.2, 0.25) is 0 Å². The van der Waals surface area contributed by atoms with Crippen molar-refractivity contribution in [1.82, 2.24) is 10.2 Å². The summed E-state index contributed by atoms with van der Waals surface area (Å²) in [7, 11) is 0. The Bertz CT molecular complexity index is 830. The molecule has 2 aromatic rings. The molecule has 0 unspecified atom stereocenters. The van der Waals surface area contributed by atoms with Gasteiger partial charge in [0.05, 0.1) is 6.54 Å². The number of rotatable bonds is 7. The molecule has 0 bridgehead atoms. The first-order chi connectivity index (χ1) is 14.3. The average molecular weight is 407 g/mol. The highest BCUT2D eigenvalue weighted by Gasteiger charge is 2.26. The van der Waals surface area contributed by atoms with Crippen molar-refractivity contribution >= 4 is 11.7 Å². The molecule has 1 N–H and O–H groups in total. The third-order valence-electron chi connectivity index (χ3n) is 5.94. The van der Waals surface area contributed by atoms with Crippen LogP contribution in [0, 0.1) is 5.92 Å². The van der Waals surface area contributed by atoms with E-state index in [-0.39, 0.29) is 23.0 Å². The van der Waals surface area contributed by atoms with Crippen molar-refractivity contribution in [2.75, 3.05) is 26.2 Å². The molecule has 1 aliphatic rings. The van der Waals surface area contributed by atoms with E-state index in [4.69, 9.17) is 0 Å². The molecule has 3 rings (SSSR count). The molecule has 4 heteroatoms. The molecule has 0 aliphatic carbocycles. The van der Waals surface area contributed by atoms with Crippen LogP contribution in [-0.2, 0) is 16.6 Å². The standard InChI is InChI=1S/C26H34N2O2/c1-26(2,3)23-11-9-20(10-12-23)13-16-27-24(29)19-28-17-14-22(15-18-28)25(30)21-7-5-4-6-8-21/h4-12,22H,13-19H2,1-3H3,(H,27,29). The number of carbonyl (C=O) groups excluding carboxylic acids is 2. The Labute approximate surface area is 180 Å². The third kappa shape index (κ3) is 6.27. The molecule has 1 amide bonds. The zero-order valence-electron chi connectivity index (χ0n) is 18.5. The predicted molar refractivity (Wildman–Crippen MR) is 122 cm³/mol. The summed E-state index contributed by atoms with van der Waals surface area (Å²) in [6.45, 7) is 9.29. The van der Waals surface area contributed by atoms with Crippen LogP contribution in [0.1, 0.15) is 55.1 Å². The van der Waals surface area contributed by atoms with Crippen molar-refractivity contribution in [2.24, 2.45) is 5.92 Å². The highest BCUT2D eigenvalue weighted by atomic mass is 16.2. The number of piperidine rings is 1. The van der Waals surface area contributed by atoms with Gasteiger partial charge in [-0.05, 0) is 48.9 Å². The molecule has 2 aromatic carbocycles. The highest BCUT2D eigenvalue weighted by Crippen LogP contribution is 2.23. The van der Waals surface area contributed by atoms with Crippen molar-refractivity contribution < 1.29 is 9.59 Å². The summed E-state index contributed by atoms with van der Waals surface area (Å²) in [4.78, 5) is 27.0. The van der Waals surface area contributed by atoms with Crippen molar-refractivity contribution in [3.63, 3.8) is 0 Å². The second kappa shape index (κ2) is 10.0. The number of amides is 1. The molecule has 0 spiro atoms. The quantitative estimate of drug-likeness (QED) is 0.700. The number of hydrogen-bond donors (Lipinski definition) is 1. The number of hydrogen-bond acceptors (Lipinski definition) is 3. The van der Waals surface area contributed by atoms with Crippen LogP contribution in [0.5, 0.6) is 0 Å². The normalized spacial score (nSPS) is 15.7. The maximum absolute atomic E-state index is 12.6. The first kappa shape index (κ1) is 22.2. The maximum Gasteiger partial charge on any atom is 0.234 e. The van der Waals surface area contributed by atoms with Crippen LogP contribution in [-0.4, -0.2) is 42.8 Å². The van der Waals surface area contributed by atoms with Gasteiger partial charge in [0.15, 0.2) is 5.78 Å². The van der Waals surface area contributed by atoms with Gasteiger partial charge in [0.2, 0.25) is 5.91 Å². The van der Waals surface area contributed by atoms with Gasteiger partial charge < -0.3 is 5.32 Å². The van der Waals surface area contributed by atoms with Crippen molar-refractivity contribution in [1.29, 1.82) is 0 Å². The van der Waals surface area contributed by atoms with E-state index in [2.05, 4.69) is 55.3 Å². The minimum atomic E-state index is 0.0640. The summed E-state index contributed by atoms with van der Waals surface area (Å²) in [6.07, 6.45) is 2.48. The lowest BCUT2D eigenvalue weighted by Crippen LogP contribution is -2.43. The first-order valence-corrected chi connectivity index (χ1v) is 11.0. The summed E-state index contributed by atoms with van der Waals surface area (Å²) >= 11 is 0. The molecule has 4 nitrogen and oxygen atoms in total. The highest BCUT2D eigenvalue weighted by molar-refractivity contribution is 5.97. The predicted octanol–water partition coefficient (Wildman–Crippen LogP) is 4.24. The van der Waals surface area contributed by atoms with Gasteiger partial charge in [-0.1, -0.05) is 75.4 Å². The van der Waals surface area contributed by atoms with Crippen LogP contribution in [0.25, 0.3) is 0 Å². The average Bonchev–Trinajstić information content (AvgIpc) is 2.74. The lowest BCUT2D eigenvalue weighted by atomic mass is 9.86. The molecule has 1 saturated heterocycles.